The van der Waals surface area contributed by atoms with Crippen LogP contribution in [0.25, 0.3) is 0 Å². The number of benzene rings is 1. The quantitative estimate of drug-likeness (QED) is 0.806. The maximum absolute atomic E-state index is 5.55. The first-order valence-electron chi connectivity index (χ1n) is 5.98. The van der Waals surface area contributed by atoms with Gasteiger partial charge in [-0.2, -0.15) is 0 Å². The molecule has 0 amide bonds. The zero-order valence-corrected chi connectivity index (χ0v) is 12.8. The van der Waals surface area contributed by atoms with Crippen LogP contribution in [0.15, 0.2) is 40.2 Å². The lowest BCUT2D eigenvalue weighted by Gasteiger charge is -2.09. The third-order valence-corrected chi connectivity index (χ3v) is 4.02. The van der Waals surface area contributed by atoms with Crippen molar-refractivity contribution in [3.8, 4) is 18.1 Å². The maximum Gasteiger partial charge on any atom is 0.148 e. The van der Waals surface area contributed by atoms with Crippen LogP contribution in [-0.2, 0) is 13.1 Å². The fourth-order valence-corrected chi connectivity index (χ4v) is 2.88. The van der Waals surface area contributed by atoms with E-state index in [2.05, 4.69) is 50.7 Å². The van der Waals surface area contributed by atoms with E-state index in [1.165, 1.54) is 4.88 Å². The van der Waals surface area contributed by atoms with E-state index in [1.807, 2.05) is 12.1 Å². The summed E-state index contributed by atoms with van der Waals surface area (Å²) >= 11 is 5.27. The third kappa shape index (κ3) is 4.39. The summed E-state index contributed by atoms with van der Waals surface area (Å²) in [6.07, 6.45) is 5.23. The van der Waals surface area contributed by atoms with Crippen LogP contribution in [0.4, 0.5) is 0 Å². The molecule has 0 unspecified atom stereocenters. The summed E-state index contributed by atoms with van der Waals surface area (Å²) in [7, 11) is 0. The van der Waals surface area contributed by atoms with Gasteiger partial charge in [-0.1, -0.05) is 27.9 Å². The minimum absolute atomic E-state index is 0.305. The predicted octanol–water partition coefficient (Wildman–Crippen LogP) is 2.79. The molecule has 98 valence electrons. The molecule has 0 aliphatic carbocycles. The molecule has 0 fully saturated rings. The van der Waals surface area contributed by atoms with Crippen molar-refractivity contribution in [1.82, 2.24) is 0 Å². The Balaban J connectivity index is 1.97. The fourth-order valence-electron chi connectivity index (χ4n) is 1.77. The first kappa shape index (κ1) is 14.1. The van der Waals surface area contributed by atoms with Gasteiger partial charge in [-0.05, 0) is 29.6 Å². The normalized spacial score (nSPS) is 10.1. The number of hydrogen-bond acceptors (Lipinski definition) is 2. The summed E-state index contributed by atoms with van der Waals surface area (Å²) in [4.78, 5) is 1.38. The number of thiophene rings is 1. The van der Waals surface area contributed by atoms with Crippen LogP contribution >= 0.6 is 27.3 Å². The van der Waals surface area contributed by atoms with Gasteiger partial charge in [-0.25, -0.2) is 0 Å². The van der Waals surface area contributed by atoms with E-state index in [0.29, 0.717) is 6.61 Å². The molecule has 1 aromatic carbocycles. The second kappa shape index (κ2) is 7.34. The summed E-state index contributed by atoms with van der Waals surface area (Å²) < 4.78 is 6.61. The molecule has 1 aromatic heterocycles. The second-order valence-corrected chi connectivity index (χ2v) is 5.97. The molecule has 2 rings (SSSR count). The largest absolute Gasteiger partial charge is 0.480 e. The minimum Gasteiger partial charge on any atom is -0.480 e. The average Bonchev–Trinajstić information content (AvgIpc) is 2.91. The summed E-state index contributed by atoms with van der Waals surface area (Å²) in [6, 6.07) is 10.2. The molecule has 2 nitrogen and oxygen atoms in total. The molecule has 2 N–H and O–H groups in total. The van der Waals surface area contributed by atoms with Gasteiger partial charge in [0, 0.05) is 10.0 Å². The molecule has 0 aliphatic heterocycles. The van der Waals surface area contributed by atoms with Crippen LogP contribution in [0.1, 0.15) is 10.4 Å². The van der Waals surface area contributed by atoms with Gasteiger partial charge in [-0.3, -0.25) is 0 Å². The van der Waals surface area contributed by atoms with Gasteiger partial charge >= 0.3 is 0 Å². The minimum atomic E-state index is 0.305. The highest BCUT2D eigenvalue weighted by atomic mass is 79.9. The SMILES string of the molecule is C#CCOc1ccc(Br)cc1C[NH2+]Cc1cccs1. The van der Waals surface area contributed by atoms with Crippen LogP contribution in [0.2, 0.25) is 0 Å². The van der Waals surface area contributed by atoms with Crippen LogP contribution in [0, 0.1) is 12.3 Å². The van der Waals surface area contributed by atoms with E-state index in [1.54, 1.807) is 11.3 Å². The van der Waals surface area contributed by atoms with Gasteiger partial charge in [-0.15, -0.1) is 17.8 Å². The molecule has 19 heavy (non-hydrogen) atoms. The zero-order valence-electron chi connectivity index (χ0n) is 10.4. The van der Waals surface area contributed by atoms with Gasteiger partial charge in [0.15, 0.2) is 0 Å². The Morgan fingerprint density at radius 2 is 2.21 bits per heavy atom. The number of halogens is 1. The van der Waals surface area contributed by atoms with Crippen molar-refractivity contribution in [3.63, 3.8) is 0 Å². The number of rotatable bonds is 6. The van der Waals surface area contributed by atoms with E-state index >= 15 is 0 Å². The molecule has 2 aromatic rings. The van der Waals surface area contributed by atoms with Crippen molar-refractivity contribution in [1.29, 1.82) is 0 Å². The molecule has 0 spiro atoms. The maximum atomic E-state index is 5.55. The molecule has 0 aliphatic rings. The number of ether oxygens (including phenoxy) is 1. The zero-order chi connectivity index (χ0) is 13.5. The van der Waals surface area contributed by atoms with Gasteiger partial charge in [0.2, 0.25) is 0 Å². The van der Waals surface area contributed by atoms with Gasteiger partial charge in [0.1, 0.15) is 25.4 Å². The molecular formula is C15H15BrNOS+. The number of quaternary nitrogens is 1. The molecule has 4 heteroatoms. The Kier molecular flexibility index (Phi) is 5.46. The highest BCUT2D eigenvalue weighted by molar-refractivity contribution is 9.10. The lowest BCUT2D eigenvalue weighted by atomic mass is 10.2. The highest BCUT2D eigenvalue weighted by Gasteiger charge is 2.07. The first-order valence-corrected chi connectivity index (χ1v) is 7.65. The topological polar surface area (TPSA) is 25.8 Å². The highest BCUT2D eigenvalue weighted by Crippen LogP contribution is 2.22. The lowest BCUT2D eigenvalue weighted by Crippen LogP contribution is -2.80. The molecule has 0 saturated carbocycles. The lowest BCUT2D eigenvalue weighted by molar-refractivity contribution is -0.685. The summed E-state index contributed by atoms with van der Waals surface area (Å²) in [5.41, 5.74) is 1.15. The number of nitrogens with two attached hydrogens (primary N) is 1. The fraction of sp³-hybridized carbons (Fsp3) is 0.200. The number of terminal acetylenes is 1. The van der Waals surface area contributed by atoms with Gasteiger partial charge < -0.3 is 10.1 Å². The van der Waals surface area contributed by atoms with Crippen LogP contribution < -0.4 is 10.1 Å². The monoisotopic (exact) mass is 336 g/mol. The van der Waals surface area contributed by atoms with Gasteiger partial charge in [0.25, 0.3) is 0 Å². The molecule has 0 saturated heterocycles. The Hall–Kier alpha value is -1.28. The summed E-state index contributed by atoms with van der Waals surface area (Å²) in [5, 5.41) is 4.36. The Morgan fingerprint density at radius 1 is 1.32 bits per heavy atom. The summed E-state index contributed by atoms with van der Waals surface area (Å²) in [5.74, 6) is 3.36. The standard InChI is InChI=1S/C15H14BrNOS/c1-2-7-18-15-6-5-13(16)9-12(15)10-17-11-14-4-3-8-19-14/h1,3-6,8-9,17H,7,10-11H2/p+1. The average molecular weight is 337 g/mol. The smallest absolute Gasteiger partial charge is 0.148 e. The van der Waals surface area contributed by atoms with E-state index < -0.39 is 0 Å². The summed E-state index contributed by atoms with van der Waals surface area (Å²) in [6.45, 7) is 2.16. The van der Waals surface area contributed by atoms with Crippen molar-refractivity contribution in [2.45, 2.75) is 13.1 Å². The van der Waals surface area contributed by atoms with Crippen LogP contribution in [0.5, 0.6) is 5.75 Å². The van der Waals surface area contributed by atoms with Crippen molar-refractivity contribution < 1.29 is 10.1 Å². The van der Waals surface area contributed by atoms with Crippen molar-refractivity contribution >= 4 is 27.3 Å². The molecule has 0 bridgehead atoms. The molecule has 0 radical (unpaired) electrons. The van der Waals surface area contributed by atoms with Crippen LogP contribution in [0.3, 0.4) is 0 Å². The molecule has 0 atom stereocenters. The van der Waals surface area contributed by atoms with E-state index in [0.717, 1.165) is 28.9 Å². The van der Waals surface area contributed by atoms with E-state index in [4.69, 9.17) is 11.2 Å². The Labute approximate surface area is 125 Å². The third-order valence-electron chi connectivity index (χ3n) is 2.62. The molecule has 1 heterocycles. The van der Waals surface area contributed by atoms with Crippen molar-refractivity contribution in [2.24, 2.45) is 0 Å². The van der Waals surface area contributed by atoms with Gasteiger partial charge in [0.05, 0.1) is 4.88 Å². The Morgan fingerprint density at radius 3 is 2.95 bits per heavy atom. The van der Waals surface area contributed by atoms with E-state index in [9.17, 15) is 0 Å². The van der Waals surface area contributed by atoms with Crippen molar-refractivity contribution in [3.05, 3.63) is 50.6 Å². The van der Waals surface area contributed by atoms with Crippen molar-refractivity contribution in [2.75, 3.05) is 6.61 Å². The number of hydrogen-bond donors (Lipinski definition) is 1. The predicted molar refractivity (Wildman–Crippen MR) is 82.1 cm³/mol. The van der Waals surface area contributed by atoms with Crippen LogP contribution in [-0.4, -0.2) is 6.61 Å². The second-order valence-electron chi connectivity index (χ2n) is 4.02. The Bertz CT molecular complexity index is 560. The first-order chi connectivity index (χ1) is 9.29. The molecular weight excluding hydrogens is 322 g/mol. The van der Waals surface area contributed by atoms with E-state index in [-0.39, 0.29) is 0 Å².